The van der Waals surface area contributed by atoms with E-state index in [2.05, 4.69) is 31.4 Å². The van der Waals surface area contributed by atoms with Crippen molar-refractivity contribution in [3.05, 3.63) is 0 Å². The first-order chi connectivity index (χ1) is 12.1. The standard InChI is InChI=1S/C19H35N3O3/c1-4-20-18(21-9-5-10-24-14-6-11-23-12-7-14)22-16-15-8-13-25-17(15)19(16,2)3/h14-17H,4-13H2,1-3H3,(H2,20,21,22). The van der Waals surface area contributed by atoms with E-state index in [0.717, 1.165) is 71.2 Å². The lowest BCUT2D eigenvalue weighted by Crippen LogP contribution is -2.67. The predicted molar refractivity (Wildman–Crippen MR) is 98.9 cm³/mol. The molecule has 3 rings (SSSR count). The van der Waals surface area contributed by atoms with Gasteiger partial charge < -0.3 is 24.8 Å². The number of nitrogens with one attached hydrogen (secondary N) is 2. The van der Waals surface area contributed by atoms with Crippen molar-refractivity contribution < 1.29 is 14.2 Å². The molecule has 0 aromatic heterocycles. The maximum atomic E-state index is 5.92. The van der Waals surface area contributed by atoms with Crippen LogP contribution in [0.15, 0.2) is 4.99 Å². The van der Waals surface area contributed by atoms with Gasteiger partial charge in [0.25, 0.3) is 0 Å². The molecule has 0 spiro atoms. The molecule has 0 amide bonds. The molecule has 0 aromatic rings. The van der Waals surface area contributed by atoms with Crippen LogP contribution in [0.3, 0.4) is 0 Å². The van der Waals surface area contributed by atoms with Crippen LogP contribution in [-0.2, 0) is 14.2 Å². The summed E-state index contributed by atoms with van der Waals surface area (Å²) in [5, 5.41) is 7.04. The molecule has 0 radical (unpaired) electrons. The van der Waals surface area contributed by atoms with E-state index in [9.17, 15) is 0 Å². The number of ether oxygens (including phenoxy) is 3. The van der Waals surface area contributed by atoms with Gasteiger partial charge in [-0.05, 0) is 32.6 Å². The molecule has 2 aliphatic heterocycles. The van der Waals surface area contributed by atoms with Crippen LogP contribution in [0.2, 0.25) is 0 Å². The van der Waals surface area contributed by atoms with Gasteiger partial charge in [0.15, 0.2) is 5.96 Å². The third-order valence-corrected chi connectivity index (χ3v) is 5.83. The van der Waals surface area contributed by atoms with Crippen LogP contribution >= 0.6 is 0 Å². The summed E-state index contributed by atoms with van der Waals surface area (Å²) >= 11 is 0. The first-order valence-electron chi connectivity index (χ1n) is 9.98. The summed E-state index contributed by atoms with van der Waals surface area (Å²) in [6.45, 7) is 11.7. The van der Waals surface area contributed by atoms with Crippen LogP contribution in [-0.4, -0.2) is 63.7 Å². The molecule has 0 bridgehead atoms. The van der Waals surface area contributed by atoms with Gasteiger partial charge in [0.2, 0.25) is 0 Å². The van der Waals surface area contributed by atoms with Crippen molar-refractivity contribution in [1.82, 2.24) is 10.6 Å². The van der Waals surface area contributed by atoms with Gasteiger partial charge in [-0.2, -0.15) is 0 Å². The highest BCUT2D eigenvalue weighted by Gasteiger charge is 2.59. The Morgan fingerprint density at radius 1 is 1.20 bits per heavy atom. The van der Waals surface area contributed by atoms with E-state index >= 15 is 0 Å². The molecule has 1 aliphatic carbocycles. The minimum Gasteiger partial charge on any atom is -0.381 e. The van der Waals surface area contributed by atoms with Crippen molar-refractivity contribution in [2.45, 2.75) is 64.7 Å². The van der Waals surface area contributed by atoms with Gasteiger partial charge in [0, 0.05) is 56.9 Å². The van der Waals surface area contributed by atoms with Gasteiger partial charge in [0.1, 0.15) is 0 Å². The predicted octanol–water partition coefficient (Wildman–Crippen LogP) is 1.94. The fraction of sp³-hybridized carbons (Fsp3) is 0.947. The van der Waals surface area contributed by atoms with Gasteiger partial charge in [-0.25, -0.2) is 0 Å². The molecule has 2 heterocycles. The highest BCUT2D eigenvalue weighted by molar-refractivity contribution is 5.80. The highest BCUT2D eigenvalue weighted by Crippen LogP contribution is 2.52. The Morgan fingerprint density at radius 2 is 2.00 bits per heavy atom. The number of fused-ring (bicyclic) bond motifs is 1. The van der Waals surface area contributed by atoms with Gasteiger partial charge in [0.05, 0.1) is 12.2 Å². The fourth-order valence-corrected chi connectivity index (χ4v) is 4.43. The zero-order chi connectivity index (χ0) is 17.7. The lowest BCUT2D eigenvalue weighted by atomic mass is 9.57. The summed E-state index contributed by atoms with van der Waals surface area (Å²) in [5.41, 5.74) is 0.170. The average Bonchev–Trinajstić information content (AvgIpc) is 3.07. The van der Waals surface area contributed by atoms with Crippen molar-refractivity contribution in [3.8, 4) is 0 Å². The quantitative estimate of drug-likeness (QED) is 0.416. The van der Waals surface area contributed by atoms with E-state index < -0.39 is 0 Å². The van der Waals surface area contributed by atoms with E-state index in [0.29, 0.717) is 24.2 Å². The van der Waals surface area contributed by atoms with Gasteiger partial charge in [-0.15, -0.1) is 0 Å². The minimum atomic E-state index is 0.170. The molecule has 144 valence electrons. The summed E-state index contributed by atoms with van der Waals surface area (Å²) in [4.78, 5) is 4.75. The van der Waals surface area contributed by atoms with Crippen molar-refractivity contribution >= 4 is 5.96 Å². The average molecular weight is 354 g/mol. The Kier molecular flexibility index (Phi) is 6.58. The third-order valence-electron chi connectivity index (χ3n) is 5.83. The van der Waals surface area contributed by atoms with Crippen LogP contribution in [0.25, 0.3) is 0 Å². The summed E-state index contributed by atoms with van der Waals surface area (Å²) in [6.07, 6.45) is 4.94. The Hall–Kier alpha value is -0.850. The lowest BCUT2D eigenvalue weighted by Gasteiger charge is -2.54. The Balaban J connectivity index is 1.41. The molecule has 3 unspecified atom stereocenters. The molecule has 25 heavy (non-hydrogen) atoms. The molecular weight excluding hydrogens is 318 g/mol. The second-order valence-electron chi connectivity index (χ2n) is 7.98. The van der Waals surface area contributed by atoms with Crippen LogP contribution in [0.1, 0.15) is 46.5 Å². The molecule has 3 fully saturated rings. The van der Waals surface area contributed by atoms with Crippen LogP contribution in [0.5, 0.6) is 0 Å². The first-order valence-corrected chi connectivity index (χ1v) is 9.98. The Bertz CT molecular complexity index is 449. The second kappa shape index (κ2) is 8.69. The number of aliphatic imine (C=N–C) groups is 1. The fourth-order valence-electron chi connectivity index (χ4n) is 4.43. The molecule has 1 saturated carbocycles. The summed E-state index contributed by atoms with van der Waals surface area (Å²) in [7, 11) is 0. The summed E-state index contributed by atoms with van der Waals surface area (Å²) in [6, 6.07) is 0.441. The van der Waals surface area contributed by atoms with E-state index in [-0.39, 0.29) is 5.41 Å². The second-order valence-corrected chi connectivity index (χ2v) is 7.98. The monoisotopic (exact) mass is 353 g/mol. The highest BCUT2D eigenvalue weighted by atomic mass is 16.5. The zero-order valence-electron chi connectivity index (χ0n) is 16.1. The van der Waals surface area contributed by atoms with Crippen LogP contribution in [0.4, 0.5) is 0 Å². The maximum Gasteiger partial charge on any atom is 0.191 e. The third kappa shape index (κ3) is 4.47. The van der Waals surface area contributed by atoms with Gasteiger partial charge in [-0.1, -0.05) is 13.8 Å². The number of hydrogen-bond acceptors (Lipinski definition) is 4. The minimum absolute atomic E-state index is 0.170. The number of guanidine groups is 1. The zero-order valence-corrected chi connectivity index (χ0v) is 16.1. The van der Waals surface area contributed by atoms with E-state index in [1.54, 1.807) is 0 Å². The number of nitrogens with zero attached hydrogens (tertiary/aromatic N) is 1. The molecule has 3 aliphatic rings. The molecule has 0 aromatic carbocycles. The molecule has 3 atom stereocenters. The maximum absolute atomic E-state index is 5.92. The summed E-state index contributed by atoms with van der Waals surface area (Å²) < 4.78 is 17.2. The number of hydrogen-bond donors (Lipinski definition) is 2. The first kappa shape index (κ1) is 18.9. The smallest absolute Gasteiger partial charge is 0.191 e. The molecular formula is C19H35N3O3. The van der Waals surface area contributed by atoms with Crippen LogP contribution < -0.4 is 10.6 Å². The van der Waals surface area contributed by atoms with E-state index in [4.69, 9.17) is 19.2 Å². The lowest BCUT2D eigenvalue weighted by molar-refractivity contribution is -0.106. The normalized spacial score (nSPS) is 32.1. The van der Waals surface area contributed by atoms with Gasteiger partial charge >= 0.3 is 0 Å². The van der Waals surface area contributed by atoms with E-state index in [1.807, 2.05) is 0 Å². The summed E-state index contributed by atoms with van der Waals surface area (Å²) in [5.74, 6) is 1.55. The topological polar surface area (TPSA) is 64.1 Å². The van der Waals surface area contributed by atoms with E-state index in [1.165, 1.54) is 0 Å². The van der Waals surface area contributed by atoms with Crippen LogP contribution in [0, 0.1) is 11.3 Å². The largest absolute Gasteiger partial charge is 0.381 e. The van der Waals surface area contributed by atoms with Crippen molar-refractivity contribution in [1.29, 1.82) is 0 Å². The van der Waals surface area contributed by atoms with Crippen molar-refractivity contribution in [2.24, 2.45) is 16.3 Å². The van der Waals surface area contributed by atoms with Crippen molar-refractivity contribution in [3.63, 3.8) is 0 Å². The SMILES string of the molecule is CCNC(=NCCCOC1CCOCC1)NC1C2CCOC2C1(C)C. The number of rotatable bonds is 7. The molecule has 2 N–H and O–H groups in total. The molecule has 6 heteroatoms. The van der Waals surface area contributed by atoms with Crippen molar-refractivity contribution in [2.75, 3.05) is 39.5 Å². The Morgan fingerprint density at radius 3 is 2.76 bits per heavy atom. The van der Waals surface area contributed by atoms with Gasteiger partial charge in [-0.3, -0.25) is 4.99 Å². The Labute approximate surface area is 152 Å². The molecule has 2 saturated heterocycles. The molecule has 6 nitrogen and oxygen atoms in total.